The van der Waals surface area contributed by atoms with Gasteiger partial charge in [-0.05, 0) is 41.9 Å². The lowest BCUT2D eigenvalue weighted by Crippen LogP contribution is -2.08. The summed E-state index contributed by atoms with van der Waals surface area (Å²) in [5.74, 6) is -0.369. The number of hydrogen-bond acceptors (Lipinski definition) is 3. The fourth-order valence-electron chi connectivity index (χ4n) is 1.71. The number of aromatic nitrogens is 2. The highest BCUT2D eigenvalue weighted by Gasteiger charge is 2.18. The van der Waals surface area contributed by atoms with Gasteiger partial charge < -0.3 is 4.74 Å². The molecular formula is C11H11BrN2O2. The SMILES string of the molecule is COC(=O)c1c(C)nc2ccc(Br)c(C)n12. The molecule has 2 aromatic rings. The summed E-state index contributed by atoms with van der Waals surface area (Å²) in [5.41, 5.74) is 2.83. The predicted octanol–water partition coefficient (Wildman–Crippen LogP) is 2.50. The number of hydrogen-bond donors (Lipinski definition) is 0. The van der Waals surface area contributed by atoms with Crippen LogP contribution in [0.4, 0.5) is 0 Å². The van der Waals surface area contributed by atoms with Gasteiger partial charge in [-0.25, -0.2) is 9.78 Å². The molecule has 0 bridgehead atoms. The van der Waals surface area contributed by atoms with Gasteiger partial charge in [0.1, 0.15) is 5.65 Å². The lowest BCUT2D eigenvalue weighted by Gasteiger charge is -2.06. The van der Waals surface area contributed by atoms with Crippen molar-refractivity contribution in [1.29, 1.82) is 0 Å². The van der Waals surface area contributed by atoms with Crippen molar-refractivity contribution in [3.63, 3.8) is 0 Å². The lowest BCUT2D eigenvalue weighted by atomic mass is 10.3. The van der Waals surface area contributed by atoms with E-state index in [1.165, 1.54) is 7.11 Å². The van der Waals surface area contributed by atoms with E-state index in [2.05, 4.69) is 20.9 Å². The minimum absolute atomic E-state index is 0.369. The third-order valence-corrected chi connectivity index (χ3v) is 3.35. The average molecular weight is 283 g/mol. The van der Waals surface area contributed by atoms with E-state index in [0.717, 1.165) is 15.8 Å². The van der Waals surface area contributed by atoms with Crippen molar-refractivity contribution in [2.75, 3.05) is 7.11 Å². The van der Waals surface area contributed by atoms with Crippen LogP contribution in [0.3, 0.4) is 0 Å². The van der Waals surface area contributed by atoms with E-state index < -0.39 is 0 Å². The molecule has 0 fully saturated rings. The number of nitrogens with zero attached hydrogens (tertiary/aromatic N) is 2. The number of rotatable bonds is 1. The summed E-state index contributed by atoms with van der Waals surface area (Å²) in [6.45, 7) is 3.72. The number of fused-ring (bicyclic) bond motifs is 1. The zero-order valence-corrected chi connectivity index (χ0v) is 10.8. The van der Waals surface area contributed by atoms with Gasteiger partial charge in [0.05, 0.1) is 12.8 Å². The van der Waals surface area contributed by atoms with Gasteiger partial charge in [0, 0.05) is 10.2 Å². The first-order valence-electron chi connectivity index (χ1n) is 4.78. The number of imidazole rings is 1. The molecule has 0 radical (unpaired) electrons. The maximum atomic E-state index is 11.7. The fourth-order valence-corrected chi connectivity index (χ4v) is 2.02. The van der Waals surface area contributed by atoms with E-state index in [1.807, 2.05) is 19.1 Å². The summed E-state index contributed by atoms with van der Waals surface area (Å²) in [7, 11) is 1.37. The molecule has 0 unspecified atom stereocenters. The van der Waals surface area contributed by atoms with Crippen LogP contribution in [-0.2, 0) is 4.74 Å². The number of esters is 1. The molecule has 0 aliphatic rings. The van der Waals surface area contributed by atoms with E-state index in [-0.39, 0.29) is 5.97 Å². The second kappa shape index (κ2) is 3.90. The van der Waals surface area contributed by atoms with Crippen LogP contribution in [0.15, 0.2) is 16.6 Å². The molecule has 16 heavy (non-hydrogen) atoms. The standard InChI is InChI=1S/C11H11BrN2O2/c1-6-10(11(15)16-3)14-7(2)8(12)4-5-9(14)13-6/h4-5H,1-3H3. The first-order valence-corrected chi connectivity index (χ1v) is 5.58. The molecule has 0 aliphatic carbocycles. The van der Waals surface area contributed by atoms with Gasteiger partial charge >= 0.3 is 5.97 Å². The van der Waals surface area contributed by atoms with Crippen LogP contribution < -0.4 is 0 Å². The Morgan fingerprint density at radius 1 is 1.44 bits per heavy atom. The summed E-state index contributed by atoms with van der Waals surface area (Å²) >= 11 is 3.43. The van der Waals surface area contributed by atoms with Crippen molar-refractivity contribution in [3.05, 3.63) is 33.7 Å². The normalized spacial score (nSPS) is 10.8. The summed E-state index contributed by atoms with van der Waals surface area (Å²) in [6.07, 6.45) is 0. The van der Waals surface area contributed by atoms with E-state index in [1.54, 1.807) is 11.3 Å². The van der Waals surface area contributed by atoms with Crippen LogP contribution in [-0.4, -0.2) is 22.5 Å². The molecule has 2 aromatic heterocycles. The molecule has 0 saturated carbocycles. The van der Waals surface area contributed by atoms with Gasteiger partial charge in [0.25, 0.3) is 0 Å². The Bertz CT molecular complexity index is 575. The molecule has 0 spiro atoms. The van der Waals surface area contributed by atoms with Crippen molar-refractivity contribution in [2.24, 2.45) is 0 Å². The van der Waals surface area contributed by atoms with Crippen LogP contribution in [0.25, 0.3) is 5.65 Å². The molecule has 0 aliphatic heterocycles. The molecule has 5 heteroatoms. The Kier molecular flexibility index (Phi) is 2.71. The number of carbonyl (C=O) groups is 1. The third-order valence-electron chi connectivity index (χ3n) is 2.52. The van der Waals surface area contributed by atoms with Crippen LogP contribution in [0.1, 0.15) is 21.9 Å². The molecule has 0 saturated heterocycles. The Labute approximate surface area is 101 Å². The molecule has 4 nitrogen and oxygen atoms in total. The van der Waals surface area contributed by atoms with Crippen molar-refractivity contribution >= 4 is 27.5 Å². The van der Waals surface area contributed by atoms with Crippen LogP contribution in [0.5, 0.6) is 0 Å². The first-order chi connectivity index (χ1) is 7.56. The topological polar surface area (TPSA) is 43.6 Å². The van der Waals surface area contributed by atoms with Crippen molar-refractivity contribution in [2.45, 2.75) is 13.8 Å². The maximum absolute atomic E-state index is 11.7. The Hall–Kier alpha value is -1.36. The highest BCUT2D eigenvalue weighted by molar-refractivity contribution is 9.10. The van der Waals surface area contributed by atoms with Gasteiger partial charge in [0.15, 0.2) is 5.69 Å². The van der Waals surface area contributed by atoms with E-state index >= 15 is 0 Å². The molecule has 0 N–H and O–H groups in total. The van der Waals surface area contributed by atoms with Gasteiger partial charge in [-0.2, -0.15) is 0 Å². The van der Waals surface area contributed by atoms with Crippen LogP contribution in [0, 0.1) is 13.8 Å². The monoisotopic (exact) mass is 282 g/mol. The lowest BCUT2D eigenvalue weighted by molar-refractivity contribution is 0.0591. The van der Waals surface area contributed by atoms with Crippen molar-refractivity contribution in [3.8, 4) is 0 Å². The molecule has 0 atom stereocenters. The van der Waals surface area contributed by atoms with E-state index in [4.69, 9.17) is 4.74 Å². The van der Waals surface area contributed by atoms with Gasteiger partial charge in [0.2, 0.25) is 0 Å². The Morgan fingerprint density at radius 2 is 2.12 bits per heavy atom. The maximum Gasteiger partial charge on any atom is 0.356 e. The highest BCUT2D eigenvalue weighted by Crippen LogP contribution is 2.21. The zero-order chi connectivity index (χ0) is 11.9. The predicted molar refractivity (Wildman–Crippen MR) is 63.7 cm³/mol. The summed E-state index contributed by atoms with van der Waals surface area (Å²) < 4.78 is 7.49. The number of methoxy groups -OCH3 is 1. The number of aryl methyl sites for hydroxylation is 2. The number of carbonyl (C=O) groups excluding carboxylic acids is 1. The Balaban J connectivity index is 2.86. The third kappa shape index (κ3) is 1.51. The van der Waals surface area contributed by atoms with Crippen LogP contribution in [0.2, 0.25) is 0 Å². The highest BCUT2D eigenvalue weighted by atomic mass is 79.9. The molecule has 2 rings (SSSR count). The second-order valence-corrected chi connectivity index (χ2v) is 4.35. The fraction of sp³-hybridized carbons (Fsp3) is 0.273. The van der Waals surface area contributed by atoms with Crippen molar-refractivity contribution < 1.29 is 9.53 Å². The van der Waals surface area contributed by atoms with Crippen LogP contribution >= 0.6 is 15.9 Å². The van der Waals surface area contributed by atoms with E-state index in [9.17, 15) is 4.79 Å². The van der Waals surface area contributed by atoms with Gasteiger partial charge in [-0.15, -0.1) is 0 Å². The molecular weight excluding hydrogens is 272 g/mol. The van der Waals surface area contributed by atoms with Gasteiger partial charge in [-0.1, -0.05) is 0 Å². The molecule has 84 valence electrons. The average Bonchev–Trinajstić information content (AvgIpc) is 2.60. The minimum atomic E-state index is -0.369. The minimum Gasteiger partial charge on any atom is -0.464 e. The number of ether oxygens (including phenoxy) is 1. The zero-order valence-electron chi connectivity index (χ0n) is 9.24. The number of halogens is 1. The largest absolute Gasteiger partial charge is 0.464 e. The van der Waals surface area contributed by atoms with Crippen molar-refractivity contribution in [1.82, 2.24) is 9.38 Å². The smallest absolute Gasteiger partial charge is 0.356 e. The second-order valence-electron chi connectivity index (χ2n) is 3.50. The molecule has 0 aromatic carbocycles. The summed E-state index contributed by atoms with van der Waals surface area (Å²) in [5, 5.41) is 0. The molecule has 2 heterocycles. The summed E-state index contributed by atoms with van der Waals surface area (Å²) in [6, 6.07) is 3.77. The molecule has 0 amide bonds. The number of pyridine rings is 1. The van der Waals surface area contributed by atoms with E-state index in [0.29, 0.717) is 11.4 Å². The summed E-state index contributed by atoms with van der Waals surface area (Å²) in [4.78, 5) is 16.0. The van der Waals surface area contributed by atoms with Gasteiger partial charge in [-0.3, -0.25) is 4.40 Å². The first kappa shape index (κ1) is 11.1. The quantitative estimate of drug-likeness (QED) is 0.755. The Morgan fingerprint density at radius 3 is 2.75 bits per heavy atom.